The molecular weight excluding hydrogens is 641 g/mol. The molecule has 238 valence electrons. The predicted molar refractivity (Wildman–Crippen MR) is 224 cm³/mol. The van der Waals surface area contributed by atoms with E-state index in [1.807, 2.05) is 34.8 Å². The van der Waals surface area contributed by atoms with Crippen LogP contribution in [0, 0.1) is 0 Å². The molecule has 0 nitrogen and oxygen atoms in total. The lowest BCUT2D eigenvalue weighted by molar-refractivity contribution is 1.12. The topological polar surface area (TPSA) is 0 Å². The first-order valence-corrected chi connectivity index (χ1v) is 18.8. The Hall–Kier alpha value is -5.54. The van der Waals surface area contributed by atoms with Gasteiger partial charge in [0.1, 0.15) is 0 Å². The molecule has 2 aromatic heterocycles. The Morgan fingerprint density at radius 3 is 1.88 bits per heavy atom. The molecule has 0 saturated carbocycles. The maximum Gasteiger partial charge on any atom is 0.0455 e. The second kappa shape index (κ2) is 12.7. The molecule has 2 heteroatoms. The lowest BCUT2D eigenvalue weighted by Gasteiger charge is -2.11. The molecule has 0 bridgehead atoms. The van der Waals surface area contributed by atoms with Gasteiger partial charge in [0.05, 0.1) is 0 Å². The summed E-state index contributed by atoms with van der Waals surface area (Å²) in [4.78, 5) is 0. The highest BCUT2D eigenvalue weighted by Crippen LogP contribution is 2.49. The van der Waals surface area contributed by atoms with Crippen LogP contribution >= 0.6 is 22.7 Å². The summed E-state index contributed by atoms with van der Waals surface area (Å²) in [5.41, 5.74) is 6.99. The van der Waals surface area contributed by atoms with Crippen molar-refractivity contribution < 1.29 is 0 Å². The van der Waals surface area contributed by atoms with Crippen LogP contribution in [-0.4, -0.2) is 0 Å². The first-order chi connectivity index (χ1) is 24.7. The molecule has 0 saturated heterocycles. The first kappa shape index (κ1) is 30.5. The molecule has 6 aromatic carbocycles. The van der Waals surface area contributed by atoms with E-state index in [9.17, 15) is 0 Å². The Bertz CT molecular complexity index is 2890. The number of thiophene rings is 2. The quantitative estimate of drug-likeness (QED) is 0.159. The van der Waals surface area contributed by atoms with Crippen molar-refractivity contribution in [2.24, 2.45) is 0 Å². The summed E-state index contributed by atoms with van der Waals surface area (Å²) in [5.74, 6) is 0. The van der Waals surface area contributed by atoms with Gasteiger partial charge in [0.15, 0.2) is 0 Å². The van der Waals surface area contributed by atoms with E-state index in [2.05, 4.69) is 153 Å². The first-order valence-electron chi connectivity index (χ1n) is 17.1. The summed E-state index contributed by atoms with van der Waals surface area (Å²) < 4.78 is 5.46. The minimum atomic E-state index is 0.973. The summed E-state index contributed by atoms with van der Waals surface area (Å²) >= 11 is 3.86. The summed E-state index contributed by atoms with van der Waals surface area (Å²) in [6, 6.07) is 47.0. The molecule has 0 unspecified atom stereocenters. The highest BCUT2D eigenvalue weighted by atomic mass is 32.1. The third-order valence-corrected chi connectivity index (χ3v) is 12.2. The third-order valence-electron chi connectivity index (χ3n) is 9.86. The maximum absolute atomic E-state index is 4.25. The molecule has 9 rings (SSSR count). The van der Waals surface area contributed by atoms with E-state index in [1.54, 1.807) is 6.08 Å². The van der Waals surface area contributed by atoms with Crippen molar-refractivity contribution in [2.45, 2.75) is 12.8 Å². The molecule has 8 aromatic rings. The van der Waals surface area contributed by atoms with Gasteiger partial charge in [0.25, 0.3) is 0 Å². The normalized spacial score (nSPS) is 12.6. The standard InChI is InChI=1S/C48H34S2/c1-3-4-15-31(2)32-24-26-33(27-25-32)35-16-7-5-6-8-17-36(38-19-10-9-18-37(35)38)34-28-29-44-42(30-34)45-39-20-11-12-21-40(39)47-46(48(45)50-44)41-22-13-14-23-43(41)49-47/h3-8,11-30H,1-2,9-10H2/b7-5?,8-6?,15-4-,35-16?,36-17?. The Kier molecular flexibility index (Phi) is 7.77. The molecule has 0 amide bonds. The molecule has 0 N–H and O–H groups in total. The highest BCUT2D eigenvalue weighted by Gasteiger charge is 2.18. The van der Waals surface area contributed by atoms with Crippen LogP contribution in [0.2, 0.25) is 0 Å². The van der Waals surface area contributed by atoms with Crippen molar-refractivity contribution in [1.29, 1.82) is 0 Å². The summed E-state index contributed by atoms with van der Waals surface area (Å²) in [5, 5.41) is 10.7. The van der Waals surface area contributed by atoms with Crippen LogP contribution in [0.25, 0.3) is 91.1 Å². The zero-order chi connectivity index (χ0) is 33.6. The second-order valence-corrected chi connectivity index (χ2v) is 14.9. The summed E-state index contributed by atoms with van der Waals surface area (Å²) in [6.07, 6.45) is 12.6. The smallest absolute Gasteiger partial charge is 0.0455 e. The largest absolute Gasteiger partial charge is 0.134 e. The summed E-state index contributed by atoms with van der Waals surface area (Å²) in [7, 11) is 0. The molecule has 0 aliphatic heterocycles. The van der Waals surface area contributed by atoms with Crippen LogP contribution in [0.4, 0.5) is 0 Å². The lowest BCUT2D eigenvalue weighted by Crippen LogP contribution is -2.29. The van der Waals surface area contributed by atoms with Gasteiger partial charge in [0, 0.05) is 45.7 Å². The SMILES string of the molecule is C=C/C=C\C(=C)c1ccc(-c2ccccccc(-c3ccc4sc5c(c4c3)c3ccccc3c3sc4ccccc4c35)c3c2=CCCC=3)cc1. The zero-order valence-electron chi connectivity index (χ0n) is 27.7. The van der Waals surface area contributed by atoms with Gasteiger partial charge in [-0.2, -0.15) is 0 Å². The van der Waals surface area contributed by atoms with Gasteiger partial charge in [0.2, 0.25) is 0 Å². The van der Waals surface area contributed by atoms with Gasteiger partial charge < -0.3 is 0 Å². The number of rotatable bonds is 5. The fourth-order valence-corrected chi connectivity index (χ4v) is 10.1. The Balaban J connectivity index is 1.30. The van der Waals surface area contributed by atoms with Gasteiger partial charge in [-0.25, -0.2) is 0 Å². The monoisotopic (exact) mass is 674 g/mol. The minimum Gasteiger partial charge on any atom is -0.134 e. The summed E-state index contributed by atoms with van der Waals surface area (Å²) in [6.45, 7) is 8.04. The molecule has 0 spiro atoms. The number of benzene rings is 5. The molecule has 2 heterocycles. The minimum absolute atomic E-state index is 0.973. The van der Waals surface area contributed by atoms with Gasteiger partial charge in [-0.1, -0.05) is 153 Å². The Morgan fingerprint density at radius 2 is 1.14 bits per heavy atom. The lowest BCUT2D eigenvalue weighted by atomic mass is 9.93. The van der Waals surface area contributed by atoms with E-state index in [0.717, 1.165) is 24.0 Å². The number of allylic oxidation sites excluding steroid dienone is 4. The van der Waals surface area contributed by atoms with Crippen LogP contribution in [0.5, 0.6) is 0 Å². The number of hydrogen-bond donors (Lipinski definition) is 0. The number of fused-ring (bicyclic) bond motifs is 11. The van der Waals surface area contributed by atoms with Crippen molar-refractivity contribution >= 4 is 91.5 Å². The third kappa shape index (κ3) is 5.11. The van der Waals surface area contributed by atoms with E-state index < -0.39 is 0 Å². The fraction of sp³-hybridized carbons (Fsp3) is 0.0417. The molecule has 50 heavy (non-hydrogen) atoms. The highest BCUT2D eigenvalue weighted by molar-refractivity contribution is 7.30. The number of hydrogen-bond acceptors (Lipinski definition) is 2. The fourth-order valence-electron chi connectivity index (χ4n) is 7.51. The van der Waals surface area contributed by atoms with Crippen molar-refractivity contribution in [3.05, 3.63) is 175 Å². The molecule has 0 atom stereocenters. The van der Waals surface area contributed by atoms with Crippen LogP contribution in [0.3, 0.4) is 0 Å². The average Bonchev–Trinajstić information content (AvgIpc) is 3.75. The molecular formula is C48H34S2. The Morgan fingerprint density at radius 1 is 0.540 bits per heavy atom. The zero-order valence-corrected chi connectivity index (χ0v) is 29.3. The molecule has 1 aliphatic rings. The van der Waals surface area contributed by atoms with Crippen molar-refractivity contribution in [2.75, 3.05) is 0 Å². The van der Waals surface area contributed by atoms with E-state index in [4.69, 9.17) is 0 Å². The Labute approximate surface area is 299 Å². The molecule has 0 fully saturated rings. The van der Waals surface area contributed by atoms with Gasteiger partial charge in [-0.15, -0.1) is 22.7 Å². The molecule has 0 radical (unpaired) electrons. The van der Waals surface area contributed by atoms with Gasteiger partial charge >= 0.3 is 0 Å². The van der Waals surface area contributed by atoms with Crippen LogP contribution in [-0.2, 0) is 0 Å². The molecule has 1 aliphatic carbocycles. The van der Waals surface area contributed by atoms with Crippen LogP contribution in [0.15, 0.2) is 159 Å². The van der Waals surface area contributed by atoms with Crippen molar-refractivity contribution in [1.82, 2.24) is 0 Å². The maximum atomic E-state index is 4.25. The van der Waals surface area contributed by atoms with Crippen molar-refractivity contribution in [3.63, 3.8) is 0 Å². The second-order valence-electron chi connectivity index (χ2n) is 12.8. The predicted octanol–water partition coefficient (Wildman–Crippen LogP) is 13.1. The van der Waals surface area contributed by atoms with Crippen molar-refractivity contribution in [3.8, 4) is 22.3 Å². The van der Waals surface area contributed by atoms with E-state index in [0.29, 0.717) is 0 Å². The van der Waals surface area contributed by atoms with Gasteiger partial charge in [-0.3, -0.25) is 0 Å². The van der Waals surface area contributed by atoms with E-state index in [-0.39, 0.29) is 0 Å². The van der Waals surface area contributed by atoms with Crippen LogP contribution < -0.4 is 10.4 Å². The van der Waals surface area contributed by atoms with Gasteiger partial charge in [-0.05, 0) is 80.3 Å². The van der Waals surface area contributed by atoms with E-state index in [1.165, 1.54) is 83.8 Å². The van der Waals surface area contributed by atoms with E-state index >= 15 is 0 Å². The average molecular weight is 675 g/mol. The van der Waals surface area contributed by atoms with Crippen LogP contribution in [0.1, 0.15) is 18.4 Å².